The number of carbonyl (C=O) groups excluding carboxylic acids is 1. The van der Waals surface area contributed by atoms with Crippen molar-refractivity contribution in [2.45, 2.75) is 80.1 Å². The summed E-state index contributed by atoms with van der Waals surface area (Å²) < 4.78 is 4.57. The zero-order valence-electron chi connectivity index (χ0n) is 29.9. The van der Waals surface area contributed by atoms with E-state index in [0.717, 1.165) is 5.92 Å². The Hall–Kier alpha value is -4.76. The lowest BCUT2D eigenvalue weighted by Crippen LogP contribution is -2.25. The van der Waals surface area contributed by atoms with Gasteiger partial charge in [0.05, 0.1) is 23.2 Å². The summed E-state index contributed by atoms with van der Waals surface area (Å²) in [6.45, 7) is 13.9. The van der Waals surface area contributed by atoms with Gasteiger partial charge in [0.15, 0.2) is 0 Å². The normalized spacial score (nSPS) is 15.1. The number of hydrogen-bond donors (Lipinski definition) is 2. The summed E-state index contributed by atoms with van der Waals surface area (Å²) in [4.78, 5) is 34.4. The van der Waals surface area contributed by atoms with E-state index >= 15 is 0 Å². The molecule has 1 atom stereocenters. The van der Waals surface area contributed by atoms with Crippen LogP contribution in [-0.2, 0) is 14.3 Å². The number of allylic oxidation sites excluding steroid dienone is 2. The van der Waals surface area contributed by atoms with Crippen molar-refractivity contribution in [3.63, 3.8) is 0 Å². The van der Waals surface area contributed by atoms with Gasteiger partial charge in [-0.3, -0.25) is 10.1 Å². The zero-order chi connectivity index (χ0) is 36.2. The van der Waals surface area contributed by atoms with Crippen LogP contribution in [0.1, 0.15) is 91.2 Å². The van der Waals surface area contributed by atoms with E-state index in [-0.39, 0.29) is 25.1 Å². The van der Waals surface area contributed by atoms with Crippen LogP contribution in [0.15, 0.2) is 114 Å². The maximum Gasteiger partial charge on any atom is 0.335 e. The Morgan fingerprint density at radius 2 is 1.38 bits per heavy atom. The van der Waals surface area contributed by atoms with E-state index in [0.29, 0.717) is 22.9 Å². The van der Waals surface area contributed by atoms with Gasteiger partial charge in [0.1, 0.15) is 0 Å². The highest BCUT2D eigenvalue weighted by Crippen LogP contribution is 2.29. The number of esters is 1. The third-order valence-electron chi connectivity index (χ3n) is 8.44. The van der Waals surface area contributed by atoms with Crippen molar-refractivity contribution in [2.75, 3.05) is 26.7 Å². The van der Waals surface area contributed by atoms with E-state index in [9.17, 15) is 19.7 Å². The molecular formula is C41H57N3O6. The van der Waals surface area contributed by atoms with Crippen LogP contribution in [0.2, 0.25) is 0 Å². The van der Waals surface area contributed by atoms with Crippen molar-refractivity contribution in [2.24, 2.45) is 5.92 Å². The minimum absolute atomic E-state index is 0. The van der Waals surface area contributed by atoms with Crippen molar-refractivity contribution >= 4 is 17.6 Å². The largest absolute Gasteiger partial charge is 0.478 e. The van der Waals surface area contributed by atoms with Crippen molar-refractivity contribution in [1.29, 1.82) is 0 Å². The van der Waals surface area contributed by atoms with Gasteiger partial charge in [-0.2, -0.15) is 0 Å². The lowest BCUT2D eigenvalue weighted by Gasteiger charge is -2.22. The van der Waals surface area contributed by atoms with Crippen LogP contribution < -0.4 is 5.32 Å². The molecular weight excluding hydrogens is 630 g/mol. The zero-order valence-corrected chi connectivity index (χ0v) is 29.9. The van der Waals surface area contributed by atoms with Crippen molar-refractivity contribution in [3.05, 3.63) is 135 Å². The lowest BCUT2D eigenvalue weighted by molar-refractivity contribution is -0.384. The van der Waals surface area contributed by atoms with Crippen LogP contribution in [0.4, 0.5) is 5.69 Å². The number of carbonyl (C=O) groups is 2. The third kappa shape index (κ3) is 14.8. The Morgan fingerprint density at radius 1 is 0.900 bits per heavy atom. The molecule has 0 aromatic heterocycles. The fourth-order valence-electron chi connectivity index (χ4n) is 5.45. The number of rotatable bonds is 9. The molecule has 2 aliphatic heterocycles. The van der Waals surface area contributed by atoms with E-state index in [2.05, 4.69) is 96.4 Å². The second kappa shape index (κ2) is 23.6. The highest BCUT2D eigenvalue weighted by molar-refractivity contribution is 5.95. The quantitative estimate of drug-likeness (QED) is 0.130. The van der Waals surface area contributed by atoms with Gasteiger partial charge in [0, 0.05) is 42.4 Å². The van der Waals surface area contributed by atoms with Crippen LogP contribution in [0.5, 0.6) is 0 Å². The lowest BCUT2D eigenvalue weighted by atomic mass is 9.88. The first-order valence-electron chi connectivity index (χ1n) is 17.0. The first kappa shape index (κ1) is 43.3. The molecule has 2 aliphatic rings. The molecule has 2 N–H and O–H groups in total. The number of carboxylic acids is 1. The molecule has 272 valence electrons. The summed E-state index contributed by atoms with van der Waals surface area (Å²) in [5.41, 5.74) is 4.78. The van der Waals surface area contributed by atoms with Gasteiger partial charge >= 0.3 is 11.9 Å². The minimum Gasteiger partial charge on any atom is -0.478 e. The molecule has 0 amide bonds. The topological polar surface area (TPSA) is 122 Å². The van der Waals surface area contributed by atoms with Crippen LogP contribution >= 0.6 is 0 Å². The molecule has 0 radical (unpaired) electrons. The van der Waals surface area contributed by atoms with Gasteiger partial charge < -0.3 is 20.1 Å². The first-order valence-corrected chi connectivity index (χ1v) is 17.0. The Morgan fingerprint density at radius 3 is 1.76 bits per heavy atom. The molecule has 1 fully saturated rings. The molecule has 3 aromatic carbocycles. The Bertz CT molecular complexity index is 1470. The number of non-ortho nitro benzene ring substituents is 1. The number of dihydropyridines is 1. The maximum absolute atomic E-state index is 11.3. The van der Waals surface area contributed by atoms with E-state index < -0.39 is 16.9 Å². The predicted octanol–water partition coefficient (Wildman–Crippen LogP) is 9.37. The molecule has 0 spiro atoms. The second-order valence-electron chi connectivity index (χ2n) is 12.3. The highest BCUT2D eigenvalue weighted by Gasteiger charge is 2.25. The molecule has 1 unspecified atom stereocenters. The van der Waals surface area contributed by atoms with Crippen LogP contribution in [-0.4, -0.2) is 53.6 Å². The predicted molar refractivity (Wildman–Crippen MR) is 203 cm³/mol. The number of nitrogens with zero attached hydrogens (tertiary/aromatic N) is 2. The van der Waals surface area contributed by atoms with E-state index in [1.165, 1.54) is 75.7 Å². The summed E-state index contributed by atoms with van der Waals surface area (Å²) in [5, 5.41) is 21.8. The van der Waals surface area contributed by atoms with Crippen molar-refractivity contribution in [1.82, 2.24) is 10.2 Å². The molecule has 3 aromatic rings. The number of likely N-dealkylation sites (tertiary alicyclic amines) is 1. The van der Waals surface area contributed by atoms with E-state index in [1.807, 2.05) is 0 Å². The molecule has 50 heavy (non-hydrogen) atoms. The Labute approximate surface area is 299 Å². The van der Waals surface area contributed by atoms with Crippen molar-refractivity contribution in [3.8, 4) is 0 Å². The number of ether oxygens (including phenoxy) is 1. The third-order valence-corrected chi connectivity index (χ3v) is 8.44. The standard InChI is InChI=1S/C20H25N.C10H13NO4.C6H5NO2.C4H10.CH4/c1-17-12-14-21(16-17)15-13-20(18-8-4-2-5-9-18)19-10-6-3-7-11-19;1-5-7(9(12)13)4-8(6(2)11-5)10(14)15-3;8-7(9)6-4-2-1-3-5-6;1-3-4-2;/h2-11,17,20H,12-16H2,1H3;11H,4H2,1-3H3,(H,12,13);1-5H;3-4H2,1-2H3;1H4. The number of para-hydroxylation sites is 1. The summed E-state index contributed by atoms with van der Waals surface area (Å²) in [5.74, 6) is -0.125. The van der Waals surface area contributed by atoms with Gasteiger partial charge in [-0.05, 0) is 56.8 Å². The van der Waals surface area contributed by atoms with E-state index in [1.54, 1.807) is 32.0 Å². The number of nitrogens with one attached hydrogen (secondary N) is 1. The van der Waals surface area contributed by atoms with Gasteiger partial charge in [0.25, 0.3) is 5.69 Å². The Balaban J connectivity index is 0.000000377. The van der Waals surface area contributed by atoms with Crippen LogP contribution in [0.25, 0.3) is 0 Å². The fourth-order valence-corrected chi connectivity index (χ4v) is 5.45. The molecule has 0 bridgehead atoms. The molecule has 1 saturated heterocycles. The molecule has 2 heterocycles. The SMILES string of the molecule is C.CC1CCN(CCC(c2ccccc2)c2ccccc2)C1.CCCC.COC(=O)C1=C(C)NC(C)=C(C(=O)O)C1.O=[N+]([O-])c1ccccc1. The average molecular weight is 688 g/mol. The summed E-state index contributed by atoms with van der Waals surface area (Å²) in [7, 11) is 1.27. The molecule has 5 rings (SSSR count). The summed E-state index contributed by atoms with van der Waals surface area (Å²) in [6.07, 6.45) is 5.31. The van der Waals surface area contributed by atoms with Crippen LogP contribution in [0, 0.1) is 16.0 Å². The smallest absolute Gasteiger partial charge is 0.335 e. The summed E-state index contributed by atoms with van der Waals surface area (Å²) >= 11 is 0. The molecule has 9 heteroatoms. The average Bonchev–Trinajstić information content (AvgIpc) is 3.54. The van der Waals surface area contributed by atoms with Gasteiger partial charge in [0.2, 0.25) is 0 Å². The van der Waals surface area contributed by atoms with Gasteiger partial charge in [-0.25, -0.2) is 9.59 Å². The second-order valence-corrected chi connectivity index (χ2v) is 12.3. The van der Waals surface area contributed by atoms with Gasteiger partial charge in [-0.15, -0.1) is 0 Å². The number of nitro benzene ring substituents is 1. The number of benzene rings is 3. The Kier molecular flexibility index (Phi) is 20.4. The highest BCUT2D eigenvalue weighted by atomic mass is 16.6. The monoisotopic (exact) mass is 687 g/mol. The number of nitro groups is 1. The van der Waals surface area contributed by atoms with Crippen molar-refractivity contribution < 1.29 is 24.4 Å². The van der Waals surface area contributed by atoms with E-state index in [4.69, 9.17) is 5.11 Å². The molecule has 9 nitrogen and oxygen atoms in total. The first-order chi connectivity index (χ1) is 23.5. The molecule has 0 saturated carbocycles. The number of aliphatic carboxylic acids is 1. The van der Waals surface area contributed by atoms with Gasteiger partial charge in [-0.1, -0.05) is 120 Å². The fraction of sp³-hybridized carbons (Fsp3) is 0.415. The number of methoxy groups -OCH3 is 1. The maximum atomic E-state index is 11.3. The van der Waals surface area contributed by atoms with Crippen LogP contribution in [0.3, 0.4) is 0 Å². The number of unbranched alkanes of at least 4 members (excludes halogenated alkanes) is 1. The summed E-state index contributed by atoms with van der Waals surface area (Å²) in [6, 6.07) is 29.8. The number of hydrogen-bond acceptors (Lipinski definition) is 7. The minimum atomic E-state index is -1.02. The number of carboxylic acid groups (broad SMARTS) is 1. The molecule has 0 aliphatic carbocycles.